The second-order valence-electron chi connectivity index (χ2n) is 3.42. The van der Waals surface area contributed by atoms with Gasteiger partial charge in [-0.25, -0.2) is 4.39 Å². The van der Waals surface area contributed by atoms with Crippen LogP contribution in [-0.2, 0) is 0 Å². The summed E-state index contributed by atoms with van der Waals surface area (Å²) in [4.78, 5) is 12.0. The van der Waals surface area contributed by atoms with Gasteiger partial charge in [0.25, 0.3) is 0 Å². The molecule has 1 heterocycles. The van der Waals surface area contributed by atoms with Gasteiger partial charge in [-0.3, -0.25) is 4.79 Å². The van der Waals surface area contributed by atoms with Crippen molar-refractivity contribution in [2.24, 2.45) is 0 Å². The van der Waals surface area contributed by atoms with E-state index < -0.39 is 5.82 Å². The molecular formula is C12H8ClFOS. The smallest absolute Gasteiger partial charge is 0.197 e. The summed E-state index contributed by atoms with van der Waals surface area (Å²) < 4.78 is 13.5. The quantitative estimate of drug-likeness (QED) is 0.738. The van der Waals surface area contributed by atoms with Crippen LogP contribution in [0.3, 0.4) is 0 Å². The molecule has 16 heavy (non-hydrogen) atoms. The van der Waals surface area contributed by atoms with Crippen LogP contribution >= 0.6 is 22.9 Å². The van der Waals surface area contributed by atoms with Crippen molar-refractivity contribution in [3.05, 3.63) is 56.5 Å². The summed E-state index contributed by atoms with van der Waals surface area (Å²) in [6.07, 6.45) is 0. The van der Waals surface area contributed by atoms with E-state index in [2.05, 4.69) is 0 Å². The molecule has 0 bridgehead atoms. The van der Waals surface area contributed by atoms with Gasteiger partial charge in [0.05, 0.1) is 5.56 Å². The normalized spacial score (nSPS) is 10.4. The number of hydrogen-bond acceptors (Lipinski definition) is 2. The highest BCUT2D eigenvalue weighted by Gasteiger charge is 2.16. The van der Waals surface area contributed by atoms with Crippen molar-refractivity contribution in [3.63, 3.8) is 0 Å². The van der Waals surface area contributed by atoms with Crippen LogP contribution < -0.4 is 0 Å². The highest BCUT2D eigenvalue weighted by atomic mass is 35.5. The number of aryl methyl sites for hydroxylation is 1. The molecule has 1 aromatic heterocycles. The fourth-order valence-corrected chi connectivity index (χ4v) is 2.40. The Kier molecular flexibility index (Phi) is 3.08. The first kappa shape index (κ1) is 11.3. The second-order valence-corrected chi connectivity index (χ2v) is 4.60. The lowest BCUT2D eigenvalue weighted by Crippen LogP contribution is -2.04. The average molecular weight is 255 g/mol. The maximum Gasteiger partial charge on any atom is 0.197 e. The van der Waals surface area contributed by atoms with Crippen LogP contribution in [0.15, 0.2) is 29.0 Å². The average Bonchev–Trinajstić information content (AvgIpc) is 2.63. The zero-order valence-electron chi connectivity index (χ0n) is 8.46. The van der Waals surface area contributed by atoms with Crippen LogP contribution in [0.25, 0.3) is 0 Å². The molecule has 0 aliphatic heterocycles. The summed E-state index contributed by atoms with van der Waals surface area (Å²) in [7, 11) is 0. The number of ketones is 1. The second kappa shape index (κ2) is 4.36. The van der Waals surface area contributed by atoms with E-state index in [1.807, 2.05) is 12.3 Å². The van der Waals surface area contributed by atoms with E-state index in [1.54, 1.807) is 5.38 Å². The van der Waals surface area contributed by atoms with E-state index >= 15 is 0 Å². The molecule has 0 amide bonds. The van der Waals surface area contributed by atoms with Gasteiger partial charge < -0.3 is 0 Å². The molecule has 0 aliphatic carbocycles. The minimum absolute atomic E-state index is 0.0610. The molecule has 0 N–H and O–H groups in total. The molecule has 0 aliphatic rings. The van der Waals surface area contributed by atoms with Crippen LogP contribution in [0.1, 0.15) is 21.5 Å². The van der Waals surface area contributed by atoms with Gasteiger partial charge in [0.1, 0.15) is 5.82 Å². The molecule has 2 aromatic rings. The first-order valence-corrected chi connectivity index (χ1v) is 5.94. The number of benzene rings is 1. The zero-order chi connectivity index (χ0) is 11.7. The molecule has 0 atom stereocenters. The fraction of sp³-hybridized carbons (Fsp3) is 0.0833. The van der Waals surface area contributed by atoms with Gasteiger partial charge in [-0.2, -0.15) is 11.3 Å². The SMILES string of the molecule is Cc1cscc1C(=O)c1ccc(Cl)cc1F. The predicted molar refractivity (Wildman–Crippen MR) is 63.9 cm³/mol. The third-order valence-corrected chi connectivity index (χ3v) is 3.37. The van der Waals surface area contributed by atoms with Gasteiger partial charge in [0.2, 0.25) is 0 Å². The maximum absolute atomic E-state index is 13.5. The Morgan fingerprint density at radius 2 is 2.06 bits per heavy atom. The Morgan fingerprint density at radius 1 is 1.31 bits per heavy atom. The van der Waals surface area contributed by atoms with E-state index in [1.165, 1.54) is 23.5 Å². The third kappa shape index (κ3) is 2.01. The van der Waals surface area contributed by atoms with Gasteiger partial charge in [-0.1, -0.05) is 11.6 Å². The minimum atomic E-state index is -0.580. The van der Waals surface area contributed by atoms with Crippen molar-refractivity contribution in [2.45, 2.75) is 6.92 Å². The summed E-state index contributed by atoms with van der Waals surface area (Å²) >= 11 is 7.06. The minimum Gasteiger partial charge on any atom is -0.288 e. The number of thiophene rings is 1. The molecule has 4 heteroatoms. The molecule has 2 rings (SSSR count). The molecule has 1 nitrogen and oxygen atoms in total. The molecule has 0 spiro atoms. The number of carbonyl (C=O) groups excluding carboxylic acids is 1. The standard InChI is InChI=1S/C12H8ClFOS/c1-7-5-16-6-10(7)12(15)9-3-2-8(13)4-11(9)14/h2-6H,1H3. The lowest BCUT2D eigenvalue weighted by atomic mass is 10.0. The van der Waals surface area contributed by atoms with E-state index in [0.717, 1.165) is 11.6 Å². The summed E-state index contributed by atoms with van der Waals surface area (Å²) in [5, 5.41) is 3.88. The summed E-state index contributed by atoms with van der Waals surface area (Å²) in [5.74, 6) is -0.879. The van der Waals surface area contributed by atoms with E-state index in [9.17, 15) is 9.18 Å². The third-order valence-electron chi connectivity index (χ3n) is 2.28. The first-order chi connectivity index (χ1) is 7.59. The van der Waals surface area contributed by atoms with Crippen molar-refractivity contribution in [3.8, 4) is 0 Å². The van der Waals surface area contributed by atoms with E-state index in [0.29, 0.717) is 5.56 Å². The first-order valence-electron chi connectivity index (χ1n) is 4.62. The Hall–Kier alpha value is -1.19. The van der Waals surface area contributed by atoms with Crippen molar-refractivity contribution in [1.29, 1.82) is 0 Å². The predicted octanol–water partition coefficient (Wildman–Crippen LogP) is 4.08. The largest absolute Gasteiger partial charge is 0.288 e. The Morgan fingerprint density at radius 3 is 2.62 bits per heavy atom. The summed E-state index contributed by atoms with van der Waals surface area (Å²) in [5.41, 5.74) is 1.47. The number of carbonyl (C=O) groups is 1. The van der Waals surface area contributed by atoms with Gasteiger partial charge in [0.15, 0.2) is 5.78 Å². The van der Waals surface area contributed by atoms with Gasteiger partial charge in [-0.15, -0.1) is 0 Å². The molecule has 0 unspecified atom stereocenters. The Labute approximate surface area is 101 Å². The van der Waals surface area contributed by atoms with E-state index in [4.69, 9.17) is 11.6 Å². The monoisotopic (exact) mass is 254 g/mol. The lowest BCUT2D eigenvalue weighted by Gasteiger charge is -2.02. The molecule has 1 aromatic carbocycles. The van der Waals surface area contributed by atoms with Crippen LogP contribution in [-0.4, -0.2) is 5.78 Å². The number of hydrogen-bond donors (Lipinski definition) is 0. The van der Waals surface area contributed by atoms with Crippen LogP contribution in [0, 0.1) is 12.7 Å². The van der Waals surface area contributed by atoms with Gasteiger partial charge in [0, 0.05) is 16.0 Å². The van der Waals surface area contributed by atoms with Crippen molar-refractivity contribution in [2.75, 3.05) is 0 Å². The molecule has 0 radical (unpaired) electrons. The Bertz CT molecular complexity index is 548. The Balaban J connectivity index is 2.46. The highest BCUT2D eigenvalue weighted by Crippen LogP contribution is 2.21. The van der Waals surface area contributed by atoms with Gasteiger partial charge >= 0.3 is 0 Å². The highest BCUT2D eigenvalue weighted by molar-refractivity contribution is 7.08. The molecule has 82 valence electrons. The molecule has 0 saturated heterocycles. The maximum atomic E-state index is 13.5. The van der Waals surface area contributed by atoms with Crippen molar-refractivity contribution in [1.82, 2.24) is 0 Å². The van der Waals surface area contributed by atoms with Crippen LogP contribution in [0.2, 0.25) is 5.02 Å². The zero-order valence-corrected chi connectivity index (χ0v) is 10.0. The molecule has 0 saturated carbocycles. The molecular weight excluding hydrogens is 247 g/mol. The van der Waals surface area contributed by atoms with Crippen molar-refractivity contribution >= 4 is 28.7 Å². The fourth-order valence-electron chi connectivity index (χ4n) is 1.41. The summed E-state index contributed by atoms with van der Waals surface area (Å²) in [6.45, 7) is 1.83. The summed E-state index contributed by atoms with van der Waals surface area (Å²) in [6, 6.07) is 4.08. The van der Waals surface area contributed by atoms with Crippen molar-refractivity contribution < 1.29 is 9.18 Å². The number of rotatable bonds is 2. The number of halogens is 2. The van der Waals surface area contributed by atoms with Gasteiger partial charge in [-0.05, 0) is 36.1 Å². The topological polar surface area (TPSA) is 17.1 Å². The van der Waals surface area contributed by atoms with Crippen LogP contribution in [0.4, 0.5) is 4.39 Å². The van der Waals surface area contributed by atoms with Crippen LogP contribution in [0.5, 0.6) is 0 Å². The lowest BCUT2D eigenvalue weighted by molar-refractivity contribution is 0.103. The van der Waals surface area contributed by atoms with E-state index in [-0.39, 0.29) is 16.4 Å². The molecule has 0 fully saturated rings.